The molecule has 0 radical (unpaired) electrons. The number of hydrogen-bond donors (Lipinski definition) is 1. The lowest BCUT2D eigenvalue weighted by atomic mass is 10.3. The van der Waals surface area contributed by atoms with Crippen LogP contribution in [0.4, 0.5) is 5.82 Å². The molecule has 0 aliphatic heterocycles. The highest BCUT2D eigenvalue weighted by molar-refractivity contribution is 9.10. The summed E-state index contributed by atoms with van der Waals surface area (Å²) >= 11 is 6.75. The second-order valence-corrected chi connectivity index (χ2v) is 10.8. The fraction of sp³-hybridized carbons (Fsp3) is 0.190. The maximum Gasteiger partial charge on any atom is 0.456 e. The molecule has 0 aliphatic rings. The summed E-state index contributed by atoms with van der Waals surface area (Å²) in [7, 11) is -3.72. The summed E-state index contributed by atoms with van der Waals surface area (Å²) in [6.07, 6.45) is 2.39. The average molecular weight is 597 g/mol. The molecule has 0 unspecified atom stereocenters. The van der Waals surface area contributed by atoms with E-state index in [1.54, 1.807) is 59.4 Å². The number of nitrogen functional groups attached to an aromatic ring is 1. The molecule has 2 N–H and O–H groups in total. The number of halogens is 2. The number of aromatic nitrogens is 4. The molecule has 0 bridgehead atoms. The quantitative estimate of drug-likeness (QED) is 0.247. The molecule has 172 valence electrons. The summed E-state index contributed by atoms with van der Waals surface area (Å²) in [5.74, 6) is 1.12. The van der Waals surface area contributed by atoms with Gasteiger partial charge in [0.2, 0.25) is 0 Å². The Bertz CT molecular complexity index is 1230. The van der Waals surface area contributed by atoms with Crippen molar-refractivity contribution >= 4 is 56.4 Å². The van der Waals surface area contributed by atoms with Gasteiger partial charge in [-0.25, -0.2) is 19.5 Å². The van der Waals surface area contributed by atoms with Crippen molar-refractivity contribution in [3.8, 4) is 11.5 Å². The Morgan fingerprint density at radius 1 is 0.970 bits per heavy atom. The predicted octanol–water partition coefficient (Wildman–Crippen LogP) is 5.65. The van der Waals surface area contributed by atoms with E-state index in [0.717, 1.165) is 8.95 Å². The van der Waals surface area contributed by atoms with Crippen LogP contribution < -0.4 is 14.8 Å². The maximum atomic E-state index is 13.6. The molecule has 0 saturated heterocycles. The molecule has 0 spiro atoms. The molecule has 0 saturated carbocycles. The molecule has 4 aromatic rings. The molecule has 0 fully saturated rings. The normalized spacial score (nSPS) is 12.6. The number of ether oxygens (including phenoxy) is 1. The Kier molecular flexibility index (Phi) is 7.33. The maximum absolute atomic E-state index is 13.6. The van der Waals surface area contributed by atoms with E-state index in [2.05, 4.69) is 46.8 Å². The van der Waals surface area contributed by atoms with Crippen LogP contribution in [0.25, 0.3) is 11.2 Å². The molecule has 2 heterocycles. The number of fused-ring (bicyclic) bond motifs is 1. The fourth-order valence-electron chi connectivity index (χ4n) is 2.96. The monoisotopic (exact) mass is 595 g/mol. The van der Waals surface area contributed by atoms with Gasteiger partial charge in [-0.05, 0) is 55.5 Å². The van der Waals surface area contributed by atoms with Crippen molar-refractivity contribution in [3.05, 3.63) is 70.1 Å². The molecule has 4 rings (SSSR count). The van der Waals surface area contributed by atoms with Gasteiger partial charge in [0.1, 0.15) is 23.3 Å². The van der Waals surface area contributed by atoms with Crippen LogP contribution in [0.1, 0.15) is 6.92 Å². The van der Waals surface area contributed by atoms with Crippen molar-refractivity contribution < 1.29 is 18.3 Å². The Hall–Kier alpha value is -2.46. The highest BCUT2D eigenvalue weighted by Crippen LogP contribution is 2.49. The van der Waals surface area contributed by atoms with Gasteiger partial charge in [-0.15, -0.1) is 0 Å². The van der Waals surface area contributed by atoms with Crippen LogP contribution >= 0.6 is 39.5 Å². The van der Waals surface area contributed by atoms with Gasteiger partial charge < -0.3 is 24.1 Å². The first-order valence-electron chi connectivity index (χ1n) is 9.83. The number of rotatable bonds is 9. The largest absolute Gasteiger partial charge is 0.456 e. The molecule has 2 aromatic carbocycles. The van der Waals surface area contributed by atoms with E-state index in [1.165, 1.54) is 6.33 Å². The first-order valence-corrected chi connectivity index (χ1v) is 13.1. The van der Waals surface area contributed by atoms with Crippen LogP contribution in [0.15, 0.2) is 70.1 Å². The zero-order valence-electron chi connectivity index (χ0n) is 17.5. The number of nitrogens with two attached hydrogens (primary N) is 1. The Balaban J connectivity index is 1.48. The first kappa shape index (κ1) is 23.7. The fourth-order valence-corrected chi connectivity index (χ4v) is 4.96. The van der Waals surface area contributed by atoms with Crippen LogP contribution in [-0.4, -0.2) is 32.0 Å². The van der Waals surface area contributed by atoms with Gasteiger partial charge >= 0.3 is 7.60 Å². The van der Waals surface area contributed by atoms with Crippen LogP contribution in [0.3, 0.4) is 0 Å². The molecule has 0 amide bonds. The van der Waals surface area contributed by atoms with Crippen molar-refractivity contribution in [2.75, 3.05) is 12.1 Å². The number of anilines is 1. The SMILES string of the molecule is C[C@H](Cn1cnc2c(N)ncnc21)OCP(=O)(Oc1ccc(Br)cc1)Oc1ccc(Br)cc1. The average Bonchev–Trinajstić information content (AvgIpc) is 3.20. The lowest BCUT2D eigenvalue weighted by molar-refractivity contribution is 0.0780. The summed E-state index contributed by atoms with van der Waals surface area (Å²) in [5.41, 5.74) is 6.96. The van der Waals surface area contributed by atoms with E-state index >= 15 is 0 Å². The Morgan fingerprint density at radius 2 is 1.55 bits per heavy atom. The third-order valence-corrected chi connectivity index (χ3v) is 7.02. The molecule has 33 heavy (non-hydrogen) atoms. The Morgan fingerprint density at radius 3 is 2.12 bits per heavy atom. The van der Waals surface area contributed by atoms with Crippen LogP contribution in [0, 0.1) is 0 Å². The summed E-state index contributed by atoms with van der Waals surface area (Å²) in [6, 6.07) is 14.0. The highest BCUT2D eigenvalue weighted by Gasteiger charge is 2.30. The van der Waals surface area contributed by atoms with E-state index in [-0.39, 0.29) is 12.5 Å². The minimum atomic E-state index is -3.72. The van der Waals surface area contributed by atoms with Gasteiger partial charge in [-0.1, -0.05) is 31.9 Å². The number of benzene rings is 2. The van der Waals surface area contributed by atoms with Gasteiger partial charge in [0, 0.05) is 8.95 Å². The van der Waals surface area contributed by atoms with E-state index in [9.17, 15) is 4.57 Å². The molecule has 9 nitrogen and oxygen atoms in total. The summed E-state index contributed by atoms with van der Waals surface area (Å²) in [5, 5.41) is 0. The van der Waals surface area contributed by atoms with Crippen molar-refractivity contribution in [1.82, 2.24) is 19.5 Å². The van der Waals surface area contributed by atoms with Crippen LogP contribution in [0.2, 0.25) is 0 Å². The second-order valence-electron chi connectivity index (χ2n) is 7.14. The van der Waals surface area contributed by atoms with Crippen molar-refractivity contribution in [1.29, 1.82) is 0 Å². The summed E-state index contributed by atoms with van der Waals surface area (Å²) in [6.45, 7) is 2.25. The van der Waals surface area contributed by atoms with Crippen molar-refractivity contribution in [3.63, 3.8) is 0 Å². The van der Waals surface area contributed by atoms with Gasteiger partial charge in [0.05, 0.1) is 19.0 Å². The van der Waals surface area contributed by atoms with Gasteiger partial charge in [-0.3, -0.25) is 0 Å². The lowest BCUT2D eigenvalue weighted by Crippen LogP contribution is -2.19. The smallest absolute Gasteiger partial charge is 0.415 e. The van der Waals surface area contributed by atoms with Crippen molar-refractivity contribution in [2.24, 2.45) is 0 Å². The minimum absolute atomic E-state index is 0.260. The first-order chi connectivity index (χ1) is 15.8. The number of hydrogen-bond acceptors (Lipinski definition) is 8. The van der Waals surface area contributed by atoms with Crippen LogP contribution in [0.5, 0.6) is 11.5 Å². The topological polar surface area (TPSA) is 114 Å². The standard InChI is InChI=1S/C21H20Br2N5O4P/c1-14(10-28-12-27-19-20(24)25-11-26-21(19)28)30-13-33(29,31-17-6-2-15(22)3-7-17)32-18-8-4-16(23)5-9-18/h2-9,11-12,14H,10,13H2,1H3,(H2,24,25,26)/t14-/m1/s1. The molecule has 2 aromatic heterocycles. The number of nitrogens with zero attached hydrogens (tertiary/aromatic N) is 4. The van der Waals surface area contributed by atoms with Crippen LogP contribution in [-0.2, 0) is 15.8 Å². The van der Waals surface area contributed by atoms with Gasteiger partial charge in [0.25, 0.3) is 0 Å². The minimum Gasteiger partial charge on any atom is -0.415 e. The predicted molar refractivity (Wildman–Crippen MR) is 132 cm³/mol. The zero-order valence-corrected chi connectivity index (χ0v) is 21.5. The second kappa shape index (κ2) is 10.2. The van der Waals surface area contributed by atoms with E-state index in [4.69, 9.17) is 19.5 Å². The molecule has 0 aliphatic carbocycles. The van der Waals surface area contributed by atoms with E-state index in [0.29, 0.717) is 35.0 Å². The summed E-state index contributed by atoms with van der Waals surface area (Å²) < 4.78 is 34.6. The van der Waals surface area contributed by atoms with Crippen molar-refractivity contribution in [2.45, 2.75) is 19.6 Å². The molecular weight excluding hydrogens is 577 g/mol. The third kappa shape index (κ3) is 6.11. The highest BCUT2D eigenvalue weighted by atomic mass is 79.9. The summed E-state index contributed by atoms with van der Waals surface area (Å²) in [4.78, 5) is 12.4. The van der Waals surface area contributed by atoms with E-state index < -0.39 is 7.60 Å². The van der Waals surface area contributed by atoms with Gasteiger partial charge in [-0.2, -0.15) is 0 Å². The lowest BCUT2D eigenvalue weighted by Gasteiger charge is -2.22. The zero-order chi connectivity index (χ0) is 23.4. The third-order valence-electron chi connectivity index (χ3n) is 4.52. The van der Waals surface area contributed by atoms with E-state index in [1.807, 2.05) is 6.92 Å². The molecule has 12 heteroatoms. The Labute approximate surface area is 207 Å². The molecular formula is C21H20Br2N5O4P. The number of imidazole rings is 1. The molecule has 1 atom stereocenters. The van der Waals surface area contributed by atoms with Gasteiger partial charge in [0.15, 0.2) is 17.8 Å².